The smallest absolute Gasteiger partial charge is 0.239 e. The maximum absolute atomic E-state index is 12.2. The van der Waals surface area contributed by atoms with Crippen molar-refractivity contribution in [3.8, 4) is 0 Å². The fourth-order valence-corrected chi connectivity index (χ4v) is 3.38. The third-order valence-electron chi connectivity index (χ3n) is 3.65. The number of carbonyl (C=O) groups excluding carboxylic acids is 1. The molecule has 1 heterocycles. The topological polar surface area (TPSA) is 70.7 Å². The van der Waals surface area contributed by atoms with Crippen LogP contribution in [0.25, 0.3) is 0 Å². The Hall–Kier alpha value is -2.47. The average molecular weight is 340 g/mol. The van der Waals surface area contributed by atoms with Crippen LogP contribution in [0.5, 0.6) is 0 Å². The van der Waals surface area contributed by atoms with Crippen LogP contribution in [0, 0.1) is 0 Å². The van der Waals surface area contributed by atoms with Gasteiger partial charge in [0.25, 0.3) is 0 Å². The SMILES string of the molecule is CCNc1ccc(N)cc1N=C1SCC(=O)N1Cc1ccccc1. The van der Waals surface area contributed by atoms with Crippen molar-refractivity contribution in [2.75, 3.05) is 23.3 Å². The molecule has 1 saturated heterocycles. The van der Waals surface area contributed by atoms with Gasteiger partial charge in [0.05, 0.1) is 23.7 Å². The van der Waals surface area contributed by atoms with Crippen molar-refractivity contribution in [1.29, 1.82) is 0 Å². The van der Waals surface area contributed by atoms with E-state index in [0.29, 0.717) is 23.2 Å². The van der Waals surface area contributed by atoms with Crippen LogP contribution >= 0.6 is 11.8 Å². The number of aliphatic imine (C=N–C) groups is 1. The molecule has 0 aliphatic carbocycles. The molecule has 3 N–H and O–H groups in total. The van der Waals surface area contributed by atoms with Gasteiger partial charge in [-0.3, -0.25) is 9.69 Å². The molecule has 0 saturated carbocycles. The molecule has 1 aliphatic rings. The highest BCUT2D eigenvalue weighted by Gasteiger charge is 2.28. The number of amides is 1. The van der Waals surface area contributed by atoms with Crippen LogP contribution in [0.2, 0.25) is 0 Å². The molecule has 0 atom stereocenters. The second kappa shape index (κ2) is 7.40. The molecular formula is C18H20N4OS. The number of hydrogen-bond donors (Lipinski definition) is 2. The summed E-state index contributed by atoms with van der Waals surface area (Å²) in [5.41, 5.74) is 9.31. The van der Waals surface area contributed by atoms with E-state index in [1.165, 1.54) is 11.8 Å². The summed E-state index contributed by atoms with van der Waals surface area (Å²) in [5.74, 6) is 0.501. The van der Waals surface area contributed by atoms with E-state index < -0.39 is 0 Å². The van der Waals surface area contributed by atoms with E-state index in [-0.39, 0.29) is 5.91 Å². The quantitative estimate of drug-likeness (QED) is 0.818. The van der Waals surface area contributed by atoms with Gasteiger partial charge in [0.2, 0.25) is 5.91 Å². The zero-order chi connectivity index (χ0) is 16.9. The van der Waals surface area contributed by atoms with Crippen LogP contribution in [0.15, 0.2) is 53.5 Å². The molecule has 1 amide bonds. The molecule has 5 nitrogen and oxygen atoms in total. The molecular weight excluding hydrogens is 320 g/mol. The predicted octanol–water partition coefficient (Wildman–Crippen LogP) is 3.46. The van der Waals surface area contributed by atoms with Crippen molar-refractivity contribution < 1.29 is 4.79 Å². The molecule has 0 unspecified atom stereocenters. The number of benzene rings is 2. The van der Waals surface area contributed by atoms with Gasteiger partial charge in [-0.05, 0) is 30.7 Å². The fraction of sp³-hybridized carbons (Fsp3) is 0.222. The molecule has 0 spiro atoms. The van der Waals surface area contributed by atoms with Gasteiger partial charge in [-0.2, -0.15) is 0 Å². The zero-order valence-electron chi connectivity index (χ0n) is 13.5. The highest BCUT2D eigenvalue weighted by atomic mass is 32.2. The first-order valence-corrected chi connectivity index (χ1v) is 8.85. The Labute approximate surface area is 146 Å². The Morgan fingerprint density at radius 2 is 2.04 bits per heavy atom. The zero-order valence-corrected chi connectivity index (χ0v) is 14.3. The number of amidine groups is 1. The number of nitrogens with one attached hydrogen (secondary N) is 1. The van der Waals surface area contributed by atoms with Gasteiger partial charge in [-0.1, -0.05) is 42.1 Å². The van der Waals surface area contributed by atoms with Crippen molar-refractivity contribution in [3.05, 3.63) is 54.1 Å². The fourth-order valence-electron chi connectivity index (χ4n) is 2.49. The number of anilines is 2. The van der Waals surface area contributed by atoms with Gasteiger partial charge < -0.3 is 11.1 Å². The summed E-state index contributed by atoms with van der Waals surface area (Å²) in [6.45, 7) is 3.36. The summed E-state index contributed by atoms with van der Waals surface area (Å²) in [4.78, 5) is 18.7. The molecule has 2 aromatic rings. The van der Waals surface area contributed by atoms with Gasteiger partial charge in [0.15, 0.2) is 5.17 Å². The van der Waals surface area contributed by atoms with Crippen LogP contribution in [0.1, 0.15) is 12.5 Å². The van der Waals surface area contributed by atoms with Crippen LogP contribution in [-0.2, 0) is 11.3 Å². The number of carbonyl (C=O) groups is 1. The lowest BCUT2D eigenvalue weighted by Gasteiger charge is -2.17. The summed E-state index contributed by atoms with van der Waals surface area (Å²) < 4.78 is 0. The lowest BCUT2D eigenvalue weighted by Crippen LogP contribution is -2.28. The molecule has 24 heavy (non-hydrogen) atoms. The Balaban J connectivity index is 1.90. The van der Waals surface area contributed by atoms with Crippen LogP contribution in [0.4, 0.5) is 17.1 Å². The second-order valence-corrected chi connectivity index (χ2v) is 6.40. The van der Waals surface area contributed by atoms with Crippen molar-refractivity contribution in [1.82, 2.24) is 4.90 Å². The largest absolute Gasteiger partial charge is 0.399 e. The number of nitrogens with two attached hydrogens (primary N) is 1. The Morgan fingerprint density at radius 1 is 1.25 bits per heavy atom. The van der Waals surface area contributed by atoms with Gasteiger partial charge >= 0.3 is 0 Å². The number of hydrogen-bond acceptors (Lipinski definition) is 5. The first-order valence-electron chi connectivity index (χ1n) is 7.86. The van der Waals surface area contributed by atoms with Gasteiger partial charge in [-0.15, -0.1) is 0 Å². The van der Waals surface area contributed by atoms with Gasteiger partial charge in [0.1, 0.15) is 0 Å². The number of nitrogens with zero attached hydrogens (tertiary/aromatic N) is 2. The Bertz CT molecular complexity index is 761. The average Bonchev–Trinajstić information content (AvgIpc) is 2.92. The molecule has 3 rings (SSSR count). The van der Waals surface area contributed by atoms with E-state index >= 15 is 0 Å². The first kappa shape index (κ1) is 16.4. The molecule has 0 aromatic heterocycles. The second-order valence-electron chi connectivity index (χ2n) is 5.46. The maximum atomic E-state index is 12.2. The Kier molecular flexibility index (Phi) is 5.05. The molecule has 1 fully saturated rings. The standard InChI is InChI=1S/C18H20N4OS/c1-2-20-15-9-8-14(19)10-16(15)21-18-22(17(23)12-24-18)11-13-6-4-3-5-7-13/h3-10,20H,2,11-12,19H2,1H3. The van der Waals surface area contributed by atoms with Gasteiger partial charge in [-0.25, -0.2) is 4.99 Å². The van der Waals surface area contributed by atoms with Crippen LogP contribution < -0.4 is 11.1 Å². The lowest BCUT2D eigenvalue weighted by molar-refractivity contribution is -0.124. The number of thioether (sulfide) groups is 1. The monoisotopic (exact) mass is 340 g/mol. The summed E-state index contributed by atoms with van der Waals surface area (Å²) in [6, 6.07) is 15.5. The summed E-state index contributed by atoms with van der Waals surface area (Å²) in [5, 5.41) is 3.99. The maximum Gasteiger partial charge on any atom is 0.239 e. The van der Waals surface area contributed by atoms with E-state index in [1.54, 1.807) is 4.90 Å². The molecule has 1 aliphatic heterocycles. The molecule has 124 valence electrons. The molecule has 0 bridgehead atoms. The first-order chi connectivity index (χ1) is 11.7. The van der Waals surface area contributed by atoms with E-state index in [4.69, 9.17) is 10.7 Å². The minimum atomic E-state index is 0.0801. The molecule has 2 aromatic carbocycles. The van der Waals surface area contributed by atoms with E-state index in [1.807, 2.05) is 55.5 Å². The normalized spacial score (nSPS) is 16.0. The van der Waals surface area contributed by atoms with Crippen molar-refractivity contribution in [2.45, 2.75) is 13.5 Å². The van der Waals surface area contributed by atoms with Crippen molar-refractivity contribution in [3.63, 3.8) is 0 Å². The summed E-state index contributed by atoms with van der Waals surface area (Å²) in [6.07, 6.45) is 0. The highest BCUT2D eigenvalue weighted by Crippen LogP contribution is 2.31. The van der Waals surface area contributed by atoms with Crippen LogP contribution in [-0.4, -0.2) is 28.3 Å². The van der Waals surface area contributed by atoms with E-state index in [0.717, 1.165) is 23.5 Å². The third-order valence-corrected chi connectivity index (χ3v) is 4.61. The van der Waals surface area contributed by atoms with E-state index in [2.05, 4.69) is 5.32 Å². The molecule has 0 radical (unpaired) electrons. The molecule has 6 heteroatoms. The van der Waals surface area contributed by atoms with Crippen molar-refractivity contribution >= 4 is 39.9 Å². The Morgan fingerprint density at radius 3 is 2.79 bits per heavy atom. The number of nitrogen functional groups attached to an aromatic ring is 1. The minimum absolute atomic E-state index is 0.0801. The van der Waals surface area contributed by atoms with E-state index in [9.17, 15) is 4.79 Å². The van der Waals surface area contributed by atoms with Crippen molar-refractivity contribution in [2.24, 2.45) is 4.99 Å². The van der Waals surface area contributed by atoms with Gasteiger partial charge in [0, 0.05) is 12.2 Å². The third kappa shape index (κ3) is 3.71. The lowest BCUT2D eigenvalue weighted by atomic mass is 10.2. The summed E-state index contributed by atoms with van der Waals surface area (Å²) in [7, 11) is 0. The predicted molar refractivity (Wildman–Crippen MR) is 102 cm³/mol. The highest BCUT2D eigenvalue weighted by molar-refractivity contribution is 8.15. The summed E-state index contributed by atoms with van der Waals surface area (Å²) >= 11 is 1.46. The number of rotatable bonds is 5. The van der Waals surface area contributed by atoms with Crippen LogP contribution in [0.3, 0.4) is 0 Å². The minimum Gasteiger partial charge on any atom is -0.399 e.